The number of aromatic nitrogens is 3. The molecule has 2 amide bonds. The van der Waals surface area contributed by atoms with E-state index in [2.05, 4.69) is 33.1 Å². The molecule has 210 valence electrons. The van der Waals surface area contributed by atoms with Gasteiger partial charge in [0, 0.05) is 30.6 Å². The highest BCUT2D eigenvalue weighted by Crippen LogP contribution is 2.34. The fraction of sp³-hybridized carbons (Fsp3) is 0.290. The summed E-state index contributed by atoms with van der Waals surface area (Å²) in [7, 11) is 0. The first kappa shape index (κ1) is 26.5. The molecule has 41 heavy (non-hydrogen) atoms. The van der Waals surface area contributed by atoms with Crippen molar-refractivity contribution < 1.29 is 18.7 Å². The van der Waals surface area contributed by atoms with Crippen LogP contribution < -0.4 is 15.5 Å². The monoisotopic (exact) mass is 554 g/mol. The predicted octanol–water partition coefficient (Wildman–Crippen LogP) is 4.56. The van der Waals surface area contributed by atoms with E-state index in [1.807, 2.05) is 47.3 Å². The summed E-state index contributed by atoms with van der Waals surface area (Å²) in [6.45, 7) is 2.55. The number of rotatable bonds is 8. The van der Waals surface area contributed by atoms with E-state index in [-0.39, 0.29) is 25.0 Å². The molecule has 2 aliphatic rings. The highest BCUT2D eigenvalue weighted by molar-refractivity contribution is 5.90. The average molecular weight is 555 g/mol. The van der Waals surface area contributed by atoms with Gasteiger partial charge in [0.25, 0.3) is 0 Å². The van der Waals surface area contributed by atoms with Crippen LogP contribution >= 0.6 is 0 Å². The standard InChI is InChI=1S/C31H31FN6O3/c1-20(39)33-17-27-19-37(31(40)41-27)25-10-11-28(29(32)15-25)22-8-12-30-23(13-22)7-9-24(35-30)14-26-16-34-36-38(26)18-21-5-3-2-4-6-21/h2-6,8,10-13,15-16,24,27,35H,7,9,14,17-19H2,1H3,(H,33,39)/t24-,27-/m0/s1. The number of carbonyl (C=O) groups excluding carboxylic acids is 2. The van der Waals surface area contributed by atoms with Gasteiger partial charge in [-0.2, -0.15) is 0 Å². The average Bonchev–Trinajstić information content (AvgIpc) is 3.57. The van der Waals surface area contributed by atoms with E-state index in [1.54, 1.807) is 12.1 Å². The molecule has 0 spiro atoms. The number of anilines is 2. The van der Waals surface area contributed by atoms with Gasteiger partial charge >= 0.3 is 6.09 Å². The normalized spacial score (nSPS) is 18.0. The first-order valence-electron chi connectivity index (χ1n) is 13.8. The lowest BCUT2D eigenvalue weighted by Gasteiger charge is -2.27. The maximum absolute atomic E-state index is 15.3. The third-order valence-electron chi connectivity index (χ3n) is 7.58. The Morgan fingerprint density at radius 2 is 2.00 bits per heavy atom. The molecule has 0 radical (unpaired) electrons. The number of nitrogens with one attached hydrogen (secondary N) is 2. The number of fused-ring (bicyclic) bond motifs is 1. The Labute approximate surface area is 237 Å². The minimum Gasteiger partial charge on any atom is -0.442 e. The molecule has 0 unspecified atom stereocenters. The van der Waals surface area contributed by atoms with Crippen LogP contribution in [0.5, 0.6) is 0 Å². The number of amides is 2. The summed E-state index contributed by atoms with van der Waals surface area (Å²) in [5, 5.41) is 14.7. The Balaban J connectivity index is 1.11. The molecule has 1 aromatic heterocycles. The zero-order valence-electron chi connectivity index (χ0n) is 22.7. The summed E-state index contributed by atoms with van der Waals surface area (Å²) >= 11 is 0. The molecule has 0 saturated carbocycles. The lowest BCUT2D eigenvalue weighted by atomic mass is 9.92. The van der Waals surface area contributed by atoms with E-state index in [4.69, 9.17) is 4.74 Å². The highest BCUT2D eigenvalue weighted by atomic mass is 19.1. The molecule has 2 aliphatic heterocycles. The van der Waals surface area contributed by atoms with E-state index in [0.29, 0.717) is 17.8 Å². The molecule has 3 aromatic carbocycles. The van der Waals surface area contributed by atoms with Crippen LogP contribution in [0.4, 0.5) is 20.6 Å². The minimum atomic E-state index is -0.555. The summed E-state index contributed by atoms with van der Waals surface area (Å²) in [5.41, 5.74) is 6.13. The molecule has 1 saturated heterocycles. The molecule has 1 fully saturated rings. The maximum atomic E-state index is 15.3. The summed E-state index contributed by atoms with van der Waals surface area (Å²) < 4.78 is 22.6. The number of nitrogens with zero attached hydrogens (tertiary/aromatic N) is 4. The van der Waals surface area contributed by atoms with Crippen molar-refractivity contribution in [3.8, 4) is 11.1 Å². The van der Waals surface area contributed by atoms with Crippen molar-refractivity contribution in [2.45, 2.75) is 44.9 Å². The van der Waals surface area contributed by atoms with E-state index in [9.17, 15) is 9.59 Å². The Morgan fingerprint density at radius 3 is 2.80 bits per heavy atom. The number of cyclic esters (lactones) is 1. The Morgan fingerprint density at radius 1 is 1.15 bits per heavy atom. The molecular weight excluding hydrogens is 523 g/mol. The third kappa shape index (κ3) is 5.91. The number of hydrogen-bond acceptors (Lipinski definition) is 6. The molecule has 10 heteroatoms. The van der Waals surface area contributed by atoms with Gasteiger partial charge in [-0.05, 0) is 59.9 Å². The lowest BCUT2D eigenvalue weighted by molar-refractivity contribution is -0.119. The van der Waals surface area contributed by atoms with Gasteiger partial charge < -0.3 is 15.4 Å². The lowest BCUT2D eigenvalue weighted by Crippen LogP contribution is -2.33. The van der Waals surface area contributed by atoms with E-state index < -0.39 is 18.0 Å². The quantitative estimate of drug-likeness (QED) is 0.331. The van der Waals surface area contributed by atoms with Crippen molar-refractivity contribution in [1.82, 2.24) is 20.3 Å². The maximum Gasteiger partial charge on any atom is 0.414 e. The number of carbonyl (C=O) groups is 2. The van der Waals surface area contributed by atoms with Crippen LogP contribution in [0.25, 0.3) is 11.1 Å². The SMILES string of the molecule is CC(=O)NC[C@H]1CN(c2ccc(-c3ccc4c(c3)CC[C@@H](Cc3cnnn3Cc3ccccc3)N4)c(F)c2)C(=O)O1. The van der Waals surface area contributed by atoms with Crippen LogP contribution in [0.1, 0.15) is 30.2 Å². The molecular formula is C31H31FN6O3. The van der Waals surface area contributed by atoms with Crippen LogP contribution in [-0.2, 0) is 28.9 Å². The zero-order valence-corrected chi connectivity index (χ0v) is 22.7. The van der Waals surface area contributed by atoms with Crippen molar-refractivity contribution in [1.29, 1.82) is 0 Å². The number of aryl methyl sites for hydroxylation is 1. The Bertz CT molecular complexity index is 1570. The molecule has 0 bridgehead atoms. The molecule has 3 heterocycles. The van der Waals surface area contributed by atoms with E-state index >= 15 is 4.39 Å². The van der Waals surface area contributed by atoms with Crippen molar-refractivity contribution >= 4 is 23.4 Å². The first-order valence-corrected chi connectivity index (χ1v) is 13.8. The summed E-state index contributed by atoms with van der Waals surface area (Å²) in [6, 6.07) is 21.2. The van der Waals surface area contributed by atoms with Crippen molar-refractivity contribution in [2.75, 3.05) is 23.3 Å². The van der Waals surface area contributed by atoms with Crippen molar-refractivity contribution in [3.05, 3.63) is 95.6 Å². The van der Waals surface area contributed by atoms with Crippen LogP contribution in [0, 0.1) is 5.82 Å². The van der Waals surface area contributed by atoms with E-state index in [0.717, 1.165) is 41.8 Å². The van der Waals surface area contributed by atoms with Gasteiger partial charge in [-0.15, -0.1) is 5.10 Å². The summed E-state index contributed by atoms with van der Waals surface area (Å²) in [4.78, 5) is 24.9. The topological polar surface area (TPSA) is 101 Å². The first-order chi connectivity index (χ1) is 19.9. The number of ether oxygens (including phenoxy) is 1. The second-order valence-electron chi connectivity index (χ2n) is 10.5. The van der Waals surface area contributed by atoms with Gasteiger partial charge in [-0.3, -0.25) is 9.69 Å². The second kappa shape index (κ2) is 11.4. The van der Waals surface area contributed by atoms with Gasteiger partial charge in [0.2, 0.25) is 5.91 Å². The highest BCUT2D eigenvalue weighted by Gasteiger charge is 2.33. The Hall–Kier alpha value is -4.73. The molecule has 0 aliphatic carbocycles. The number of halogens is 1. The van der Waals surface area contributed by atoms with Crippen molar-refractivity contribution in [3.63, 3.8) is 0 Å². The van der Waals surface area contributed by atoms with Crippen molar-refractivity contribution in [2.24, 2.45) is 0 Å². The molecule has 2 atom stereocenters. The van der Waals surface area contributed by atoms with Crippen LogP contribution in [0.15, 0.2) is 72.9 Å². The molecule has 9 nitrogen and oxygen atoms in total. The predicted molar refractivity (Wildman–Crippen MR) is 153 cm³/mol. The fourth-order valence-corrected chi connectivity index (χ4v) is 5.47. The molecule has 2 N–H and O–H groups in total. The van der Waals surface area contributed by atoms with Gasteiger partial charge in [-0.25, -0.2) is 13.9 Å². The largest absolute Gasteiger partial charge is 0.442 e. The van der Waals surface area contributed by atoms with Gasteiger partial charge in [0.05, 0.1) is 37.2 Å². The van der Waals surface area contributed by atoms with Crippen LogP contribution in [0.3, 0.4) is 0 Å². The van der Waals surface area contributed by atoms with E-state index in [1.165, 1.54) is 23.5 Å². The van der Waals surface area contributed by atoms with Gasteiger partial charge in [0.1, 0.15) is 11.9 Å². The second-order valence-corrected chi connectivity index (χ2v) is 10.5. The number of hydrogen-bond donors (Lipinski definition) is 2. The Kier molecular flexibility index (Phi) is 7.37. The minimum absolute atomic E-state index is 0.200. The van der Waals surface area contributed by atoms with Gasteiger partial charge in [0.15, 0.2) is 0 Å². The molecule has 4 aromatic rings. The summed E-state index contributed by atoms with van der Waals surface area (Å²) in [5.74, 6) is -0.615. The van der Waals surface area contributed by atoms with Gasteiger partial charge in [-0.1, -0.05) is 41.6 Å². The summed E-state index contributed by atoms with van der Waals surface area (Å²) in [6.07, 6.45) is 3.41. The third-order valence-corrected chi connectivity index (χ3v) is 7.58. The zero-order chi connectivity index (χ0) is 28.3. The molecule has 6 rings (SSSR count). The van der Waals surface area contributed by atoms with Crippen LogP contribution in [0.2, 0.25) is 0 Å². The van der Waals surface area contributed by atoms with Crippen LogP contribution in [-0.4, -0.2) is 52.2 Å². The smallest absolute Gasteiger partial charge is 0.414 e. The number of benzene rings is 3. The fourth-order valence-electron chi connectivity index (χ4n) is 5.47.